The lowest BCUT2D eigenvalue weighted by atomic mass is 9.87. The van der Waals surface area contributed by atoms with Gasteiger partial charge in [0.25, 0.3) is 6.01 Å². The van der Waals surface area contributed by atoms with Gasteiger partial charge in [-0.1, -0.05) is 38.8 Å². The van der Waals surface area contributed by atoms with E-state index in [1.54, 1.807) is 45.1 Å². The first-order valence-electron chi connectivity index (χ1n) is 17.6. The number of esters is 1. The van der Waals surface area contributed by atoms with E-state index in [4.69, 9.17) is 24.2 Å². The summed E-state index contributed by atoms with van der Waals surface area (Å²) in [5.41, 5.74) is 1.49. The molecule has 2 amide bonds. The maximum Gasteiger partial charge on any atom is 0.411 e. The van der Waals surface area contributed by atoms with E-state index >= 15 is 0 Å². The van der Waals surface area contributed by atoms with Gasteiger partial charge >= 0.3 is 12.1 Å². The smallest absolute Gasteiger partial charge is 0.411 e. The average molecular weight is 696 g/mol. The highest BCUT2D eigenvalue weighted by Crippen LogP contribution is 2.46. The van der Waals surface area contributed by atoms with Gasteiger partial charge in [-0.3, -0.25) is 14.3 Å². The summed E-state index contributed by atoms with van der Waals surface area (Å²) in [6.07, 6.45) is 6.91. The lowest BCUT2D eigenvalue weighted by molar-refractivity contribution is -0.149. The average Bonchev–Trinajstić information content (AvgIpc) is 3.30. The molecule has 3 aliphatic rings. The molecular formula is C37H53N5O6S. The Bertz CT molecular complexity index is 1580. The standard InChI is InChI=1S/C37H53N5O6S/c1-11-26-18-37(26,33(44)46-12-2)40-31(43)30-22(5)28(19-41(30)35(45)48-36(8,9)10)47-34-39-29(24(7)42(34)21(3)4)23(6)32-38-27(20-49-32)25-16-14-13-15-17-25/h11,20-22,25-26,28,30H,1,6,12-19H2,2-5,7-10H3,(H,40,43). The Morgan fingerprint density at radius 3 is 2.47 bits per heavy atom. The quantitative estimate of drug-likeness (QED) is 0.198. The van der Waals surface area contributed by atoms with Crippen molar-refractivity contribution in [3.63, 3.8) is 0 Å². The number of ether oxygens (including phenoxy) is 3. The SMILES string of the molecule is C=CC1CC1(NC(=O)C1C(C)C(Oc2nc(C(=C)c3nc(C4CCCCC4)cs3)c(C)n2C(C)C)CN1C(=O)OC(C)(C)C)C(=O)OCC. The van der Waals surface area contributed by atoms with Crippen molar-refractivity contribution in [3.8, 4) is 6.01 Å². The summed E-state index contributed by atoms with van der Waals surface area (Å²) in [5, 5.41) is 5.93. The van der Waals surface area contributed by atoms with Gasteiger partial charge in [0.15, 0.2) is 0 Å². The van der Waals surface area contributed by atoms with Crippen molar-refractivity contribution in [1.82, 2.24) is 24.8 Å². The molecule has 0 spiro atoms. The van der Waals surface area contributed by atoms with Crippen molar-refractivity contribution in [2.24, 2.45) is 11.8 Å². The van der Waals surface area contributed by atoms with E-state index in [9.17, 15) is 14.4 Å². The highest BCUT2D eigenvalue weighted by atomic mass is 32.1. The molecule has 1 saturated heterocycles. The van der Waals surface area contributed by atoms with E-state index in [2.05, 4.69) is 37.7 Å². The van der Waals surface area contributed by atoms with Crippen LogP contribution in [0, 0.1) is 18.8 Å². The molecule has 1 N–H and O–H groups in total. The lowest BCUT2D eigenvalue weighted by Crippen LogP contribution is -2.55. The zero-order valence-electron chi connectivity index (χ0n) is 30.3. The lowest BCUT2D eigenvalue weighted by Gasteiger charge is -2.30. The number of likely N-dealkylation sites (tertiary alicyclic amines) is 1. The number of carbonyl (C=O) groups is 3. The van der Waals surface area contributed by atoms with Gasteiger partial charge < -0.3 is 19.5 Å². The summed E-state index contributed by atoms with van der Waals surface area (Å²) in [4.78, 5) is 52.0. The molecule has 5 rings (SSSR count). The highest BCUT2D eigenvalue weighted by molar-refractivity contribution is 7.10. The number of amides is 2. The fourth-order valence-electron chi connectivity index (χ4n) is 7.26. The van der Waals surface area contributed by atoms with Crippen molar-refractivity contribution >= 4 is 34.9 Å². The zero-order valence-corrected chi connectivity index (χ0v) is 31.2. The van der Waals surface area contributed by atoms with Gasteiger partial charge in [0, 0.05) is 40.4 Å². The maximum absolute atomic E-state index is 14.1. The predicted octanol–water partition coefficient (Wildman–Crippen LogP) is 6.96. The topological polar surface area (TPSA) is 125 Å². The third kappa shape index (κ3) is 7.44. The summed E-state index contributed by atoms with van der Waals surface area (Å²) >= 11 is 1.60. The van der Waals surface area contributed by atoms with Crippen LogP contribution >= 0.6 is 11.3 Å². The monoisotopic (exact) mass is 695 g/mol. The summed E-state index contributed by atoms with van der Waals surface area (Å²) in [5.74, 6) is -1.23. The van der Waals surface area contributed by atoms with Crippen LogP contribution < -0.4 is 10.1 Å². The minimum absolute atomic E-state index is 0.00560. The third-order valence-corrected chi connectivity index (χ3v) is 10.9. The Hall–Kier alpha value is -3.67. The van der Waals surface area contributed by atoms with E-state index in [1.807, 2.05) is 18.4 Å². The van der Waals surface area contributed by atoms with Crippen LogP contribution in [0.4, 0.5) is 4.79 Å². The van der Waals surface area contributed by atoms with Crippen LogP contribution in [0.1, 0.15) is 121 Å². The van der Waals surface area contributed by atoms with Crippen LogP contribution in [0.25, 0.3) is 5.57 Å². The van der Waals surface area contributed by atoms with Crippen molar-refractivity contribution in [2.45, 2.75) is 129 Å². The van der Waals surface area contributed by atoms with Gasteiger partial charge in [-0.25, -0.2) is 14.6 Å². The van der Waals surface area contributed by atoms with Crippen molar-refractivity contribution in [2.75, 3.05) is 13.2 Å². The number of rotatable bonds is 11. The number of carbonyl (C=O) groups excluding carboxylic acids is 3. The Labute approximate surface area is 294 Å². The molecule has 1 aliphatic heterocycles. The highest BCUT2D eigenvalue weighted by Gasteiger charge is 2.62. The fourth-order valence-corrected chi connectivity index (χ4v) is 8.14. The van der Waals surface area contributed by atoms with Gasteiger partial charge in [0.2, 0.25) is 5.91 Å². The van der Waals surface area contributed by atoms with Gasteiger partial charge in [0.1, 0.15) is 28.3 Å². The molecule has 0 radical (unpaired) electrons. The first-order valence-corrected chi connectivity index (χ1v) is 18.5. The number of aromatic nitrogens is 3. The van der Waals surface area contributed by atoms with E-state index in [1.165, 1.54) is 37.0 Å². The van der Waals surface area contributed by atoms with Gasteiger partial charge in [0.05, 0.1) is 24.5 Å². The zero-order chi connectivity index (χ0) is 35.8. The summed E-state index contributed by atoms with van der Waals surface area (Å²) < 4.78 is 19.7. The molecule has 12 heteroatoms. The molecule has 3 fully saturated rings. The van der Waals surface area contributed by atoms with Crippen molar-refractivity contribution < 1.29 is 28.6 Å². The second-order valence-corrected chi connectivity index (χ2v) is 15.9. The van der Waals surface area contributed by atoms with Gasteiger partial charge in [-0.2, -0.15) is 4.98 Å². The molecular weight excluding hydrogens is 643 g/mol. The number of nitrogens with one attached hydrogen (secondary N) is 1. The number of thiazole rings is 1. The molecule has 0 aromatic carbocycles. The third-order valence-electron chi connectivity index (χ3n) is 9.96. The summed E-state index contributed by atoms with van der Waals surface area (Å²) in [7, 11) is 0. The van der Waals surface area contributed by atoms with Gasteiger partial charge in [-0.15, -0.1) is 17.9 Å². The number of imidazole rings is 1. The van der Waals surface area contributed by atoms with Crippen LogP contribution in [0.15, 0.2) is 24.6 Å². The van der Waals surface area contributed by atoms with Crippen LogP contribution in [0.5, 0.6) is 6.01 Å². The molecule has 3 heterocycles. The summed E-state index contributed by atoms with van der Waals surface area (Å²) in [6, 6.07) is -0.582. The molecule has 11 nitrogen and oxygen atoms in total. The first-order chi connectivity index (χ1) is 23.1. The van der Waals surface area contributed by atoms with E-state index < -0.39 is 47.2 Å². The largest absolute Gasteiger partial charge is 0.464 e. The second-order valence-electron chi connectivity index (χ2n) is 15.0. The van der Waals surface area contributed by atoms with E-state index in [0.29, 0.717) is 24.0 Å². The normalized spacial score (nSPS) is 25.6. The Morgan fingerprint density at radius 2 is 1.88 bits per heavy atom. The maximum atomic E-state index is 14.1. The van der Waals surface area contributed by atoms with Crippen molar-refractivity contribution in [1.29, 1.82) is 0 Å². The minimum atomic E-state index is -1.21. The molecule has 5 atom stereocenters. The van der Waals surface area contributed by atoms with Crippen LogP contribution in [-0.2, 0) is 19.1 Å². The molecule has 2 aliphatic carbocycles. The second kappa shape index (κ2) is 14.3. The summed E-state index contributed by atoms with van der Waals surface area (Å²) in [6.45, 7) is 23.5. The van der Waals surface area contributed by atoms with Gasteiger partial charge in [-0.05, 0) is 67.7 Å². The number of nitrogens with zero attached hydrogens (tertiary/aromatic N) is 4. The van der Waals surface area contributed by atoms with Crippen LogP contribution in [-0.4, -0.2) is 73.8 Å². The number of hydrogen-bond acceptors (Lipinski definition) is 9. The predicted molar refractivity (Wildman–Crippen MR) is 190 cm³/mol. The van der Waals surface area contributed by atoms with E-state index in [0.717, 1.165) is 22.0 Å². The molecule has 49 heavy (non-hydrogen) atoms. The van der Waals surface area contributed by atoms with Crippen LogP contribution in [0.2, 0.25) is 0 Å². The minimum Gasteiger partial charge on any atom is -0.464 e. The first kappa shape index (κ1) is 36.6. The molecule has 268 valence electrons. The molecule has 2 saturated carbocycles. The fraction of sp³-hybridized carbons (Fsp3) is 0.649. The molecule has 5 unspecified atom stereocenters. The Kier molecular flexibility index (Phi) is 10.7. The molecule has 0 bridgehead atoms. The Balaban J connectivity index is 1.42. The molecule has 2 aromatic rings. The molecule has 2 aromatic heterocycles. The van der Waals surface area contributed by atoms with Crippen molar-refractivity contribution in [3.05, 3.63) is 46.7 Å². The van der Waals surface area contributed by atoms with E-state index in [-0.39, 0.29) is 25.1 Å². The van der Waals surface area contributed by atoms with Crippen LogP contribution in [0.3, 0.4) is 0 Å². The number of hydrogen-bond donors (Lipinski definition) is 1. The Morgan fingerprint density at radius 1 is 1.18 bits per heavy atom.